The van der Waals surface area contributed by atoms with Gasteiger partial charge in [-0.25, -0.2) is 9.59 Å². The van der Waals surface area contributed by atoms with Crippen molar-refractivity contribution < 1.29 is 18.5 Å². The molecule has 0 aromatic rings. The first kappa shape index (κ1) is 19.0. The lowest BCUT2D eigenvalue weighted by atomic mass is 10.0. The van der Waals surface area contributed by atoms with E-state index in [1.165, 1.54) is 0 Å². The Hall–Kier alpha value is -1.31. The van der Waals surface area contributed by atoms with E-state index >= 15 is 0 Å². The lowest BCUT2D eigenvalue weighted by Gasteiger charge is -2.42. The fraction of sp³-hybridized carbons (Fsp3) is 0.875. The third-order valence-corrected chi connectivity index (χ3v) is 6.45. The largest absolute Gasteiger partial charge is 0.444 e. The molecule has 24 heavy (non-hydrogen) atoms. The monoisotopic (exact) mass is 359 g/mol. The van der Waals surface area contributed by atoms with E-state index in [1.54, 1.807) is 9.80 Å². The minimum absolute atomic E-state index is 0.0181. The number of urea groups is 1. The Balaban J connectivity index is 1.82. The Bertz CT molecular complexity index is 520. The van der Waals surface area contributed by atoms with Crippen molar-refractivity contribution in [3.05, 3.63) is 0 Å². The van der Waals surface area contributed by atoms with Crippen molar-refractivity contribution in [1.29, 1.82) is 0 Å². The number of ether oxygens (including phenoxy) is 1. The molecule has 138 valence electrons. The zero-order valence-corrected chi connectivity index (χ0v) is 16.0. The molecule has 2 fully saturated rings. The number of carbonyl (C=O) groups is 2. The molecular formula is C16H29N3O4S. The minimum atomic E-state index is -0.868. The molecule has 0 aromatic heterocycles. The van der Waals surface area contributed by atoms with Crippen LogP contribution in [0.2, 0.25) is 0 Å². The van der Waals surface area contributed by atoms with E-state index in [4.69, 9.17) is 4.74 Å². The molecule has 2 rings (SSSR count). The van der Waals surface area contributed by atoms with Crippen LogP contribution in [0.4, 0.5) is 9.59 Å². The van der Waals surface area contributed by atoms with Gasteiger partial charge in [-0.1, -0.05) is 0 Å². The van der Waals surface area contributed by atoms with Crippen LogP contribution in [0.15, 0.2) is 0 Å². The van der Waals surface area contributed by atoms with Crippen LogP contribution >= 0.6 is 0 Å². The summed E-state index contributed by atoms with van der Waals surface area (Å²) in [5.74, 6) is 0.520. The Morgan fingerprint density at radius 2 is 1.88 bits per heavy atom. The SMILES string of the molecule is CC1C(C)S(=O)CCN1C(=O)NCC1CCN1C(=O)OC(C)(C)C. The number of nitrogens with zero attached hydrogens (tertiary/aromatic N) is 2. The van der Waals surface area contributed by atoms with Crippen molar-refractivity contribution >= 4 is 22.9 Å². The summed E-state index contributed by atoms with van der Waals surface area (Å²) in [7, 11) is -0.868. The molecule has 0 spiro atoms. The van der Waals surface area contributed by atoms with Gasteiger partial charge in [-0.15, -0.1) is 0 Å². The Labute approximate surface area is 146 Å². The standard InChI is InChI=1S/C16H29N3O4S/c1-11-12(2)24(22)9-8-18(11)14(20)17-10-13-6-7-19(13)15(21)23-16(3,4)5/h11-13H,6-10H2,1-5H3,(H,17,20). The third kappa shape index (κ3) is 4.40. The number of carbonyl (C=O) groups excluding carboxylic acids is 2. The highest BCUT2D eigenvalue weighted by Gasteiger charge is 2.37. The van der Waals surface area contributed by atoms with Crippen LogP contribution in [0.25, 0.3) is 0 Å². The van der Waals surface area contributed by atoms with Crippen LogP contribution in [0.5, 0.6) is 0 Å². The molecule has 0 aromatic carbocycles. The Morgan fingerprint density at radius 1 is 1.21 bits per heavy atom. The molecule has 8 heteroatoms. The van der Waals surface area contributed by atoms with Crippen molar-refractivity contribution in [2.45, 2.75) is 64.0 Å². The molecule has 2 aliphatic rings. The van der Waals surface area contributed by atoms with Gasteiger partial charge in [0.15, 0.2) is 0 Å². The number of nitrogens with one attached hydrogen (secondary N) is 1. The quantitative estimate of drug-likeness (QED) is 0.811. The van der Waals surface area contributed by atoms with Crippen molar-refractivity contribution in [3.63, 3.8) is 0 Å². The van der Waals surface area contributed by atoms with Crippen LogP contribution in [0.1, 0.15) is 41.0 Å². The maximum absolute atomic E-state index is 12.4. The maximum Gasteiger partial charge on any atom is 0.410 e. The number of amides is 3. The Morgan fingerprint density at radius 3 is 2.42 bits per heavy atom. The summed E-state index contributed by atoms with van der Waals surface area (Å²) in [5.41, 5.74) is -0.518. The first-order valence-electron chi connectivity index (χ1n) is 8.51. The second-order valence-corrected chi connectivity index (χ2v) is 9.44. The summed E-state index contributed by atoms with van der Waals surface area (Å²) < 4.78 is 17.2. The Kier molecular flexibility index (Phi) is 5.78. The summed E-state index contributed by atoms with van der Waals surface area (Å²) in [4.78, 5) is 27.9. The molecule has 0 saturated carbocycles. The van der Waals surface area contributed by atoms with E-state index < -0.39 is 16.4 Å². The van der Waals surface area contributed by atoms with Crippen LogP contribution < -0.4 is 5.32 Å². The predicted molar refractivity (Wildman–Crippen MR) is 93.4 cm³/mol. The smallest absolute Gasteiger partial charge is 0.410 e. The summed E-state index contributed by atoms with van der Waals surface area (Å²) in [6, 6.07) is -0.222. The topological polar surface area (TPSA) is 79.0 Å². The fourth-order valence-electron chi connectivity index (χ4n) is 2.86. The average Bonchev–Trinajstić information content (AvgIpc) is 2.41. The lowest BCUT2D eigenvalue weighted by Crippen LogP contribution is -2.60. The average molecular weight is 359 g/mol. The number of hydrogen-bond acceptors (Lipinski definition) is 4. The highest BCUT2D eigenvalue weighted by atomic mass is 32.2. The van der Waals surface area contributed by atoms with Gasteiger partial charge in [-0.3, -0.25) is 4.21 Å². The summed E-state index contributed by atoms with van der Waals surface area (Å²) in [5, 5.41) is 2.88. The molecule has 1 N–H and O–H groups in total. The summed E-state index contributed by atoms with van der Waals surface area (Å²) in [6.45, 7) is 10.9. The van der Waals surface area contributed by atoms with Crippen molar-refractivity contribution in [1.82, 2.24) is 15.1 Å². The van der Waals surface area contributed by atoms with Crippen molar-refractivity contribution in [2.24, 2.45) is 0 Å². The zero-order chi connectivity index (χ0) is 18.1. The van der Waals surface area contributed by atoms with Gasteiger partial charge in [-0.2, -0.15) is 0 Å². The molecule has 7 nitrogen and oxygen atoms in total. The highest BCUT2D eigenvalue weighted by Crippen LogP contribution is 2.21. The zero-order valence-electron chi connectivity index (χ0n) is 15.2. The number of likely N-dealkylation sites (tertiary alicyclic amines) is 1. The summed E-state index contributed by atoms with van der Waals surface area (Å²) >= 11 is 0. The fourth-order valence-corrected chi connectivity index (χ4v) is 4.19. The van der Waals surface area contributed by atoms with E-state index in [-0.39, 0.29) is 29.5 Å². The van der Waals surface area contributed by atoms with Gasteiger partial charge in [0, 0.05) is 42.2 Å². The van der Waals surface area contributed by atoms with Crippen molar-refractivity contribution in [3.8, 4) is 0 Å². The molecule has 4 unspecified atom stereocenters. The van der Waals surface area contributed by atoms with Crippen LogP contribution in [0, 0.1) is 0 Å². The van der Waals surface area contributed by atoms with Gasteiger partial charge in [-0.05, 0) is 41.0 Å². The van der Waals surface area contributed by atoms with E-state index in [1.807, 2.05) is 34.6 Å². The predicted octanol–water partition coefficient (Wildman–Crippen LogP) is 1.55. The van der Waals surface area contributed by atoms with Crippen LogP contribution in [-0.2, 0) is 15.5 Å². The molecule has 2 aliphatic heterocycles. The van der Waals surface area contributed by atoms with Gasteiger partial charge >= 0.3 is 12.1 Å². The van der Waals surface area contributed by atoms with E-state index in [9.17, 15) is 13.8 Å². The number of hydrogen-bond donors (Lipinski definition) is 1. The molecule has 3 amide bonds. The van der Waals surface area contributed by atoms with Crippen LogP contribution in [0.3, 0.4) is 0 Å². The molecule has 0 radical (unpaired) electrons. The van der Waals surface area contributed by atoms with E-state index in [0.717, 1.165) is 6.42 Å². The summed E-state index contributed by atoms with van der Waals surface area (Å²) in [6.07, 6.45) is 0.526. The van der Waals surface area contributed by atoms with Gasteiger partial charge in [0.25, 0.3) is 0 Å². The first-order chi connectivity index (χ1) is 11.1. The van der Waals surface area contributed by atoms with Crippen LogP contribution in [-0.4, -0.2) is 74.5 Å². The molecular weight excluding hydrogens is 330 g/mol. The molecule has 2 heterocycles. The molecule has 4 atom stereocenters. The van der Waals surface area contributed by atoms with Gasteiger partial charge in [0.2, 0.25) is 0 Å². The van der Waals surface area contributed by atoms with Gasteiger partial charge < -0.3 is 19.9 Å². The van der Waals surface area contributed by atoms with Crippen molar-refractivity contribution in [2.75, 3.05) is 25.4 Å². The van der Waals surface area contributed by atoms with E-state index in [0.29, 0.717) is 25.4 Å². The second kappa shape index (κ2) is 7.29. The van der Waals surface area contributed by atoms with Gasteiger partial charge in [0.1, 0.15) is 5.60 Å². The molecule has 0 bridgehead atoms. The van der Waals surface area contributed by atoms with E-state index in [2.05, 4.69) is 5.32 Å². The minimum Gasteiger partial charge on any atom is -0.444 e. The maximum atomic E-state index is 12.4. The first-order valence-corrected chi connectivity index (χ1v) is 9.89. The van der Waals surface area contributed by atoms with Gasteiger partial charge in [0.05, 0.1) is 11.3 Å². The second-order valence-electron chi connectivity index (χ2n) is 7.53. The third-order valence-electron chi connectivity index (χ3n) is 4.64. The number of rotatable bonds is 2. The normalized spacial score (nSPS) is 30.5. The molecule has 2 saturated heterocycles. The molecule has 0 aliphatic carbocycles. The lowest BCUT2D eigenvalue weighted by molar-refractivity contribution is -0.00476. The highest BCUT2D eigenvalue weighted by molar-refractivity contribution is 7.85.